The summed E-state index contributed by atoms with van der Waals surface area (Å²) < 4.78 is 7.44. The van der Waals surface area contributed by atoms with Gasteiger partial charge in [-0.25, -0.2) is 0 Å². The molecule has 3 heterocycles. The third-order valence-electron chi connectivity index (χ3n) is 8.60. The van der Waals surface area contributed by atoms with Gasteiger partial charge in [-0.05, 0) is 54.5 Å². The Balaban J connectivity index is 0.000000309. The molecule has 0 aliphatic heterocycles. The Labute approximate surface area is 293 Å². The number of ketones is 1. The Morgan fingerprint density at radius 3 is 2.24 bits per heavy atom. The summed E-state index contributed by atoms with van der Waals surface area (Å²) in [5.74, 6) is 2.02. The summed E-state index contributed by atoms with van der Waals surface area (Å²) in [5, 5.41) is 14.5. The second-order valence-corrected chi connectivity index (χ2v) is 14.6. The third-order valence-corrected chi connectivity index (χ3v) is 9.65. The summed E-state index contributed by atoms with van der Waals surface area (Å²) in [6, 6.07) is 18.7. The van der Waals surface area contributed by atoms with Crippen molar-refractivity contribution in [1.29, 1.82) is 0 Å². The minimum Gasteiger partial charge on any atom is -0.512 e. The maximum absolute atomic E-state index is 11.7. The van der Waals surface area contributed by atoms with Crippen LogP contribution in [0.3, 0.4) is 0 Å². The first-order valence-corrected chi connectivity index (χ1v) is 17.4. The molecule has 0 spiro atoms. The maximum Gasteiger partial charge on any atom is 0.188 e. The van der Waals surface area contributed by atoms with Crippen molar-refractivity contribution >= 4 is 48.3 Å². The standard InChI is InChI=1S/C27H26NOS.C13H24O2.Ir/c1-16(2)21-13-18(12-17-8-6-7-9-20(17)21)25-24-22-14-19(15-27(3,4)5)29-26(22)30-23(24)10-11-28-25;1-5-10(6-2)12(14)9-13(15)11(7-3)8-4;/h6-11,13-14,16H,15H2,1-5H3;9-11,14H,5-8H2,1-4H3;/q-1;;/b;12-9-;. The zero-order chi connectivity index (χ0) is 32.9. The average molecular weight is 817 g/mol. The van der Waals surface area contributed by atoms with Gasteiger partial charge in [0.1, 0.15) is 5.76 Å². The van der Waals surface area contributed by atoms with Crippen LogP contribution in [-0.4, -0.2) is 15.9 Å². The number of nitrogens with zero attached hydrogens (tertiary/aromatic N) is 1. The molecule has 0 unspecified atom stereocenters. The molecule has 5 aromatic rings. The first-order chi connectivity index (χ1) is 21.4. The fraction of sp³-hybridized carbons (Fsp3) is 0.450. The van der Waals surface area contributed by atoms with Gasteiger partial charge >= 0.3 is 0 Å². The van der Waals surface area contributed by atoms with Crippen LogP contribution in [0.1, 0.15) is 105 Å². The van der Waals surface area contributed by atoms with Crippen molar-refractivity contribution in [3.05, 3.63) is 77.9 Å². The number of hydrogen-bond donors (Lipinski definition) is 1. The van der Waals surface area contributed by atoms with Crippen LogP contribution >= 0.6 is 11.3 Å². The molecule has 0 saturated carbocycles. The van der Waals surface area contributed by atoms with Crippen molar-refractivity contribution in [2.45, 2.75) is 100 Å². The summed E-state index contributed by atoms with van der Waals surface area (Å²) >= 11 is 1.71. The van der Waals surface area contributed by atoms with Crippen LogP contribution in [0.25, 0.3) is 42.4 Å². The zero-order valence-electron chi connectivity index (χ0n) is 28.9. The van der Waals surface area contributed by atoms with Crippen LogP contribution in [0.15, 0.2) is 64.9 Å². The molecule has 4 nitrogen and oxygen atoms in total. The van der Waals surface area contributed by atoms with Crippen molar-refractivity contribution in [3.63, 3.8) is 0 Å². The zero-order valence-corrected chi connectivity index (χ0v) is 32.1. The van der Waals surface area contributed by atoms with Crippen molar-refractivity contribution in [2.75, 3.05) is 0 Å². The smallest absolute Gasteiger partial charge is 0.188 e. The Kier molecular flexibility index (Phi) is 13.4. The first kappa shape index (κ1) is 37.7. The number of fused-ring (bicyclic) bond motifs is 4. The number of aromatic nitrogens is 1. The number of carbonyl (C=O) groups is 1. The van der Waals surface area contributed by atoms with E-state index in [1.165, 1.54) is 32.5 Å². The fourth-order valence-corrected chi connectivity index (χ4v) is 7.08. The molecule has 0 saturated heterocycles. The number of benzene rings is 2. The Morgan fingerprint density at radius 2 is 1.63 bits per heavy atom. The summed E-state index contributed by atoms with van der Waals surface area (Å²) in [7, 11) is 0. The van der Waals surface area contributed by atoms with Gasteiger partial charge in [0.15, 0.2) is 10.7 Å². The van der Waals surface area contributed by atoms with Crippen molar-refractivity contribution < 1.29 is 34.4 Å². The molecular weight excluding hydrogens is 767 g/mol. The van der Waals surface area contributed by atoms with Crippen LogP contribution in [0.4, 0.5) is 0 Å². The molecule has 1 radical (unpaired) electrons. The van der Waals surface area contributed by atoms with E-state index in [1.807, 2.05) is 33.9 Å². The largest absolute Gasteiger partial charge is 0.512 e. The molecule has 5 rings (SSSR count). The number of thiophene rings is 1. The van der Waals surface area contributed by atoms with Gasteiger partial charge in [0.05, 0.1) is 5.76 Å². The van der Waals surface area contributed by atoms with Gasteiger partial charge in [0.2, 0.25) is 0 Å². The van der Waals surface area contributed by atoms with Crippen molar-refractivity contribution in [2.24, 2.45) is 17.3 Å². The molecule has 3 aromatic heterocycles. The SMILES string of the molecule is CC(C)c1cc(-c2nccc3sc4oc(CC(C)(C)C)cc4c23)[c-]c2ccccc12.CCC(CC)C(=O)/C=C(\O)C(CC)CC.[Ir]. The molecule has 0 bridgehead atoms. The topological polar surface area (TPSA) is 63.3 Å². The van der Waals surface area contributed by atoms with Gasteiger partial charge < -0.3 is 9.52 Å². The summed E-state index contributed by atoms with van der Waals surface area (Å²) in [5.41, 5.74) is 3.58. The normalized spacial score (nSPS) is 12.3. The van der Waals surface area contributed by atoms with Gasteiger partial charge in [0.25, 0.3) is 0 Å². The number of aliphatic hydroxyl groups excluding tert-OH is 1. The van der Waals surface area contributed by atoms with Gasteiger partial charge in [0, 0.05) is 66.4 Å². The van der Waals surface area contributed by atoms with Crippen LogP contribution in [0.2, 0.25) is 0 Å². The molecule has 0 aliphatic carbocycles. The summed E-state index contributed by atoms with van der Waals surface area (Å²) in [6.45, 7) is 19.3. The van der Waals surface area contributed by atoms with Crippen LogP contribution in [0, 0.1) is 23.3 Å². The van der Waals surface area contributed by atoms with Gasteiger partial charge in [-0.1, -0.05) is 103 Å². The monoisotopic (exact) mass is 817 g/mol. The number of carbonyl (C=O) groups excluding carboxylic acids is 1. The van der Waals surface area contributed by atoms with E-state index in [4.69, 9.17) is 9.40 Å². The van der Waals surface area contributed by atoms with Crippen LogP contribution in [0.5, 0.6) is 0 Å². The van der Waals surface area contributed by atoms with E-state index < -0.39 is 0 Å². The number of aliphatic hydroxyl groups is 1. The Bertz CT molecular complexity index is 1780. The summed E-state index contributed by atoms with van der Waals surface area (Å²) in [4.78, 5) is 17.5. The molecule has 249 valence electrons. The van der Waals surface area contributed by atoms with Crippen molar-refractivity contribution in [1.82, 2.24) is 4.98 Å². The number of allylic oxidation sites excluding steroid dienone is 2. The van der Waals surface area contributed by atoms with Gasteiger partial charge in [-0.2, -0.15) is 0 Å². The molecule has 46 heavy (non-hydrogen) atoms. The Morgan fingerprint density at radius 1 is 0.978 bits per heavy atom. The molecule has 2 aromatic carbocycles. The molecule has 0 atom stereocenters. The first-order valence-electron chi connectivity index (χ1n) is 16.6. The number of furan rings is 1. The van der Waals surface area contributed by atoms with E-state index in [1.54, 1.807) is 11.3 Å². The molecular formula is C40H50IrNO3S-. The van der Waals surface area contributed by atoms with E-state index in [0.29, 0.717) is 5.92 Å². The number of hydrogen-bond acceptors (Lipinski definition) is 5. The van der Waals surface area contributed by atoms with Crippen LogP contribution < -0.4 is 0 Å². The van der Waals surface area contributed by atoms with Crippen molar-refractivity contribution in [3.8, 4) is 11.3 Å². The van der Waals surface area contributed by atoms with E-state index in [2.05, 4.69) is 83.1 Å². The molecule has 0 fully saturated rings. The Hall–Kier alpha value is -2.79. The molecule has 1 N–H and O–H groups in total. The van der Waals surface area contributed by atoms with Crippen LogP contribution in [-0.2, 0) is 31.3 Å². The fourth-order valence-electron chi connectivity index (χ4n) is 6.02. The maximum atomic E-state index is 11.7. The second kappa shape index (κ2) is 16.4. The minimum absolute atomic E-state index is 0. The third kappa shape index (κ3) is 8.76. The van der Waals surface area contributed by atoms with E-state index in [9.17, 15) is 9.90 Å². The molecule has 0 amide bonds. The van der Waals surface area contributed by atoms with E-state index in [0.717, 1.165) is 59.4 Å². The van der Waals surface area contributed by atoms with Gasteiger partial charge in [-0.15, -0.1) is 29.1 Å². The van der Waals surface area contributed by atoms with E-state index in [-0.39, 0.29) is 48.9 Å². The number of rotatable bonds is 10. The average Bonchev–Trinajstić information content (AvgIpc) is 3.53. The van der Waals surface area contributed by atoms with Gasteiger partial charge in [-0.3, -0.25) is 9.78 Å². The predicted molar refractivity (Wildman–Crippen MR) is 192 cm³/mol. The predicted octanol–water partition coefficient (Wildman–Crippen LogP) is 12.2. The minimum atomic E-state index is 0. The molecule has 0 aliphatic rings. The quantitative estimate of drug-likeness (QED) is 0.0866. The van der Waals surface area contributed by atoms with E-state index >= 15 is 0 Å². The second-order valence-electron chi connectivity index (χ2n) is 13.6. The summed E-state index contributed by atoms with van der Waals surface area (Å²) in [6.07, 6.45) is 7.73. The number of pyridine rings is 1. The molecule has 6 heteroatoms.